The van der Waals surface area contributed by atoms with Crippen LogP contribution in [0.15, 0.2) is 40.7 Å². The van der Waals surface area contributed by atoms with E-state index in [0.717, 1.165) is 23.1 Å². The molecule has 0 aliphatic carbocycles. The number of carbonyl (C=O) groups is 1. The first kappa shape index (κ1) is 13.0. The Morgan fingerprint density at radius 2 is 1.95 bits per heavy atom. The molecule has 3 aromatic rings. The van der Waals surface area contributed by atoms with Gasteiger partial charge in [-0.3, -0.25) is 9.20 Å². The fourth-order valence-electron chi connectivity index (χ4n) is 1.99. The van der Waals surface area contributed by atoms with E-state index in [-0.39, 0.29) is 4.90 Å². The van der Waals surface area contributed by atoms with Crippen LogP contribution in [0.4, 0.5) is 0 Å². The molecule has 1 aromatic carbocycles. The van der Waals surface area contributed by atoms with E-state index in [4.69, 9.17) is 0 Å². The van der Waals surface area contributed by atoms with Crippen LogP contribution in [0.5, 0.6) is 0 Å². The molecule has 20 heavy (non-hydrogen) atoms. The Bertz CT molecular complexity index is 889. The minimum absolute atomic E-state index is 0.245. The molecule has 0 fully saturated rings. The highest BCUT2D eigenvalue weighted by Crippen LogP contribution is 2.26. The second kappa shape index (κ2) is 4.53. The molecule has 3 rings (SSSR count). The minimum atomic E-state index is -3.22. The van der Waals surface area contributed by atoms with Crippen molar-refractivity contribution in [3.05, 3.63) is 41.5 Å². The van der Waals surface area contributed by atoms with Crippen LogP contribution >= 0.6 is 11.3 Å². The summed E-state index contributed by atoms with van der Waals surface area (Å²) in [5, 5.41) is 1.85. The number of fused-ring (bicyclic) bond motifs is 1. The Morgan fingerprint density at radius 3 is 2.55 bits per heavy atom. The van der Waals surface area contributed by atoms with Crippen molar-refractivity contribution < 1.29 is 13.2 Å². The molecule has 102 valence electrons. The van der Waals surface area contributed by atoms with Gasteiger partial charge in [-0.15, -0.1) is 11.3 Å². The Kier molecular flexibility index (Phi) is 2.95. The number of benzene rings is 1. The van der Waals surface area contributed by atoms with Crippen LogP contribution in [0.3, 0.4) is 0 Å². The van der Waals surface area contributed by atoms with Crippen LogP contribution in [0.2, 0.25) is 0 Å². The fraction of sp³-hybridized carbons (Fsp3) is 0.0769. The van der Waals surface area contributed by atoms with Gasteiger partial charge >= 0.3 is 0 Å². The summed E-state index contributed by atoms with van der Waals surface area (Å²) in [6, 6.07) is 6.37. The number of nitrogens with zero attached hydrogens (tertiary/aromatic N) is 2. The standard InChI is InChI=1S/C13H10N2O3S2/c1-20(17,18)10-4-2-9(3-5-10)12-11(8-16)15-6-7-19-13(15)14-12/h2-8H,1H3. The summed E-state index contributed by atoms with van der Waals surface area (Å²) in [6.45, 7) is 0. The second-order valence-corrected chi connectivity index (χ2v) is 7.20. The lowest BCUT2D eigenvalue weighted by atomic mass is 10.1. The van der Waals surface area contributed by atoms with Gasteiger partial charge < -0.3 is 0 Å². The zero-order valence-electron chi connectivity index (χ0n) is 10.5. The molecular weight excluding hydrogens is 296 g/mol. The van der Waals surface area contributed by atoms with E-state index in [0.29, 0.717) is 11.4 Å². The lowest BCUT2D eigenvalue weighted by Crippen LogP contribution is -1.96. The van der Waals surface area contributed by atoms with Gasteiger partial charge in [0.05, 0.1) is 4.90 Å². The van der Waals surface area contributed by atoms with Gasteiger partial charge in [0, 0.05) is 23.4 Å². The van der Waals surface area contributed by atoms with E-state index in [9.17, 15) is 13.2 Å². The van der Waals surface area contributed by atoms with Crippen molar-refractivity contribution >= 4 is 32.4 Å². The maximum atomic E-state index is 11.4. The van der Waals surface area contributed by atoms with Gasteiger partial charge in [0.15, 0.2) is 21.1 Å². The molecular formula is C13H10N2O3S2. The van der Waals surface area contributed by atoms with Crippen LogP contribution in [0, 0.1) is 0 Å². The highest BCUT2D eigenvalue weighted by Gasteiger charge is 2.15. The van der Waals surface area contributed by atoms with Crippen LogP contribution in [-0.4, -0.2) is 30.3 Å². The maximum Gasteiger partial charge on any atom is 0.194 e. The van der Waals surface area contributed by atoms with Crippen molar-refractivity contribution in [1.82, 2.24) is 9.38 Å². The van der Waals surface area contributed by atoms with Crippen molar-refractivity contribution in [2.45, 2.75) is 4.90 Å². The summed E-state index contributed by atoms with van der Waals surface area (Å²) in [5.74, 6) is 0. The quantitative estimate of drug-likeness (QED) is 0.696. The molecule has 2 heterocycles. The van der Waals surface area contributed by atoms with Crippen molar-refractivity contribution in [1.29, 1.82) is 0 Å². The van der Waals surface area contributed by atoms with Gasteiger partial charge in [0.2, 0.25) is 0 Å². The molecule has 0 aliphatic heterocycles. The minimum Gasteiger partial charge on any atom is -0.296 e. The number of carbonyl (C=O) groups excluding carboxylic acids is 1. The first-order valence-electron chi connectivity index (χ1n) is 5.72. The van der Waals surface area contributed by atoms with Crippen LogP contribution in [0.1, 0.15) is 10.5 Å². The number of imidazole rings is 1. The van der Waals surface area contributed by atoms with Gasteiger partial charge in [-0.25, -0.2) is 13.4 Å². The van der Waals surface area contributed by atoms with E-state index in [1.807, 2.05) is 5.38 Å². The molecule has 0 saturated carbocycles. The van der Waals surface area contributed by atoms with Crippen LogP contribution < -0.4 is 0 Å². The summed E-state index contributed by atoms with van der Waals surface area (Å²) in [4.78, 5) is 16.6. The molecule has 0 unspecified atom stereocenters. The number of sulfone groups is 1. The van der Waals surface area contributed by atoms with Gasteiger partial charge in [-0.05, 0) is 12.1 Å². The summed E-state index contributed by atoms with van der Waals surface area (Å²) in [7, 11) is -3.22. The average Bonchev–Trinajstić information content (AvgIpc) is 2.97. The molecule has 0 radical (unpaired) electrons. The molecule has 0 N–H and O–H groups in total. The third kappa shape index (κ3) is 2.04. The zero-order valence-corrected chi connectivity index (χ0v) is 12.1. The van der Waals surface area contributed by atoms with Crippen molar-refractivity contribution in [3.63, 3.8) is 0 Å². The lowest BCUT2D eigenvalue weighted by molar-refractivity contribution is 0.111. The number of hydrogen-bond acceptors (Lipinski definition) is 5. The van der Waals surface area contributed by atoms with Crippen molar-refractivity contribution in [2.24, 2.45) is 0 Å². The largest absolute Gasteiger partial charge is 0.296 e. The van der Waals surface area contributed by atoms with Gasteiger partial charge in [0.25, 0.3) is 0 Å². The predicted octanol–water partition coefficient (Wildman–Crippen LogP) is 2.28. The Labute approximate surface area is 119 Å². The first-order chi connectivity index (χ1) is 9.50. The molecule has 0 amide bonds. The SMILES string of the molecule is CS(=O)(=O)c1ccc(-c2nc3sccn3c2C=O)cc1. The molecule has 0 aliphatic rings. The van der Waals surface area contributed by atoms with E-state index >= 15 is 0 Å². The second-order valence-electron chi connectivity index (χ2n) is 4.32. The van der Waals surface area contributed by atoms with Crippen molar-refractivity contribution in [3.8, 4) is 11.3 Å². The first-order valence-corrected chi connectivity index (χ1v) is 8.49. The number of thiazole rings is 1. The third-order valence-electron chi connectivity index (χ3n) is 2.97. The normalized spacial score (nSPS) is 11.8. The predicted molar refractivity (Wildman–Crippen MR) is 77.0 cm³/mol. The van der Waals surface area contributed by atoms with E-state index in [1.165, 1.54) is 23.5 Å². The Hall–Kier alpha value is -1.99. The monoisotopic (exact) mass is 306 g/mol. The third-order valence-corrected chi connectivity index (χ3v) is 4.85. The fourth-order valence-corrected chi connectivity index (χ4v) is 3.34. The number of rotatable bonds is 3. The number of aldehydes is 1. The summed E-state index contributed by atoms with van der Waals surface area (Å²) in [6.07, 6.45) is 3.70. The number of hydrogen-bond donors (Lipinski definition) is 0. The Morgan fingerprint density at radius 1 is 1.25 bits per heavy atom. The van der Waals surface area contributed by atoms with E-state index in [2.05, 4.69) is 4.98 Å². The van der Waals surface area contributed by atoms with Crippen LogP contribution in [-0.2, 0) is 9.84 Å². The number of aromatic nitrogens is 2. The summed E-state index contributed by atoms with van der Waals surface area (Å²) >= 11 is 1.44. The smallest absolute Gasteiger partial charge is 0.194 e. The van der Waals surface area contributed by atoms with Crippen molar-refractivity contribution in [2.75, 3.05) is 6.26 Å². The summed E-state index contributed by atoms with van der Waals surface area (Å²) in [5.41, 5.74) is 1.75. The topological polar surface area (TPSA) is 68.5 Å². The van der Waals surface area contributed by atoms with Crippen LogP contribution in [0.25, 0.3) is 16.2 Å². The zero-order chi connectivity index (χ0) is 14.3. The maximum absolute atomic E-state index is 11.4. The Balaban J connectivity index is 2.15. The molecule has 0 atom stereocenters. The van der Waals surface area contributed by atoms with E-state index < -0.39 is 9.84 Å². The summed E-state index contributed by atoms with van der Waals surface area (Å²) < 4.78 is 24.6. The average molecular weight is 306 g/mol. The molecule has 2 aromatic heterocycles. The van der Waals surface area contributed by atoms with Gasteiger partial charge in [-0.1, -0.05) is 12.1 Å². The lowest BCUT2D eigenvalue weighted by Gasteiger charge is -2.01. The van der Waals surface area contributed by atoms with E-state index in [1.54, 1.807) is 22.7 Å². The molecule has 0 bridgehead atoms. The highest BCUT2D eigenvalue weighted by molar-refractivity contribution is 7.90. The van der Waals surface area contributed by atoms with Gasteiger partial charge in [0.1, 0.15) is 11.4 Å². The van der Waals surface area contributed by atoms with Gasteiger partial charge in [-0.2, -0.15) is 0 Å². The molecule has 0 saturated heterocycles. The molecule has 5 nitrogen and oxygen atoms in total. The molecule has 7 heteroatoms. The molecule has 0 spiro atoms. The highest BCUT2D eigenvalue weighted by atomic mass is 32.2.